The van der Waals surface area contributed by atoms with E-state index in [4.69, 9.17) is 4.74 Å². The largest absolute Gasteiger partial charge is 0.371 e. The van der Waals surface area contributed by atoms with Crippen LogP contribution in [0.5, 0.6) is 0 Å². The molecule has 0 spiro atoms. The van der Waals surface area contributed by atoms with E-state index in [1.807, 2.05) is 24.0 Å². The van der Waals surface area contributed by atoms with Gasteiger partial charge in [-0.25, -0.2) is 4.39 Å². The van der Waals surface area contributed by atoms with Crippen molar-refractivity contribution in [2.75, 3.05) is 37.7 Å². The van der Waals surface area contributed by atoms with E-state index in [-0.39, 0.29) is 11.4 Å². The second-order valence-corrected chi connectivity index (χ2v) is 4.93. The van der Waals surface area contributed by atoms with E-state index in [1.165, 1.54) is 6.07 Å². The highest BCUT2D eigenvalue weighted by molar-refractivity contribution is 5.47. The lowest BCUT2D eigenvalue weighted by Gasteiger charge is -2.39. The van der Waals surface area contributed by atoms with Crippen LogP contribution in [0.3, 0.4) is 0 Å². The fraction of sp³-hybridized carbons (Fsp3) is 0.571. The number of rotatable bonds is 6. The molecule has 100 valence electrons. The van der Waals surface area contributed by atoms with Crippen LogP contribution in [0.2, 0.25) is 0 Å². The fourth-order valence-electron chi connectivity index (χ4n) is 2.14. The minimum atomic E-state index is -0.170. The van der Waals surface area contributed by atoms with Gasteiger partial charge in [0, 0.05) is 26.2 Å². The highest BCUT2D eigenvalue weighted by Gasteiger charge is 2.32. The molecule has 1 aromatic carbocycles. The molecule has 0 radical (unpaired) electrons. The van der Waals surface area contributed by atoms with Crippen molar-refractivity contribution in [3.8, 4) is 0 Å². The van der Waals surface area contributed by atoms with Crippen LogP contribution in [0.25, 0.3) is 0 Å². The molecule has 4 heteroatoms. The number of benzene rings is 1. The highest BCUT2D eigenvalue weighted by Crippen LogP contribution is 2.19. The fourth-order valence-corrected chi connectivity index (χ4v) is 2.14. The Morgan fingerprint density at radius 1 is 1.39 bits per heavy atom. The topological polar surface area (TPSA) is 24.5 Å². The Kier molecular flexibility index (Phi) is 4.19. The van der Waals surface area contributed by atoms with E-state index in [0.717, 1.165) is 19.6 Å². The number of hydrogen-bond donors (Lipinski definition) is 1. The van der Waals surface area contributed by atoms with Crippen molar-refractivity contribution in [2.24, 2.45) is 0 Å². The van der Waals surface area contributed by atoms with Crippen molar-refractivity contribution in [3.63, 3.8) is 0 Å². The van der Waals surface area contributed by atoms with Crippen LogP contribution in [0, 0.1) is 5.82 Å². The van der Waals surface area contributed by atoms with E-state index < -0.39 is 0 Å². The lowest BCUT2D eigenvalue weighted by atomic mass is 10.0. The summed E-state index contributed by atoms with van der Waals surface area (Å²) >= 11 is 0. The molecule has 1 aliphatic rings. The van der Waals surface area contributed by atoms with Gasteiger partial charge in [-0.2, -0.15) is 0 Å². The van der Waals surface area contributed by atoms with Crippen molar-refractivity contribution in [1.82, 2.24) is 5.32 Å². The van der Waals surface area contributed by atoms with E-state index in [2.05, 4.69) is 12.2 Å². The summed E-state index contributed by atoms with van der Waals surface area (Å²) in [4.78, 5) is 2.00. The Bertz CT molecular complexity index is 393. The first-order valence-corrected chi connectivity index (χ1v) is 6.49. The molecule has 0 unspecified atom stereocenters. The molecule has 0 aromatic heterocycles. The average Bonchev–Trinajstić information content (AvgIpc) is 2.34. The van der Waals surface area contributed by atoms with Crippen LogP contribution in [-0.2, 0) is 4.74 Å². The van der Waals surface area contributed by atoms with Gasteiger partial charge in [-0.3, -0.25) is 0 Å². The van der Waals surface area contributed by atoms with Gasteiger partial charge < -0.3 is 15.0 Å². The number of halogens is 1. The van der Waals surface area contributed by atoms with Gasteiger partial charge in [0.05, 0.1) is 17.9 Å². The third-order valence-corrected chi connectivity index (χ3v) is 3.38. The predicted octanol–water partition coefficient (Wildman–Crippen LogP) is 2.03. The minimum absolute atomic E-state index is 0.0331. The summed E-state index contributed by atoms with van der Waals surface area (Å²) in [7, 11) is 0. The van der Waals surface area contributed by atoms with Gasteiger partial charge in [0.15, 0.2) is 0 Å². The normalized spacial score (nSPS) is 17.3. The monoisotopic (exact) mass is 252 g/mol. The molecular weight excluding hydrogens is 231 g/mol. The molecule has 0 amide bonds. The molecule has 0 atom stereocenters. The molecule has 1 heterocycles. The summed E-state index contributed by atoms with van der Waals surface area (Å²) in [6.45, 7) is 8.05. The first kappa shape index (κ1) is 13.3. The van der Waals surface area contributed by atoms with Gasteiger partial charge in [-0.1, -0.05) is 12.1 Å². The van der Waals surface area contributed by atoms with Crippen LogP contribution in [0.15, 0.2) is 24.3 Å². The van der Waals surface area contributed by atoms with Gasteiger partial charge in [-0.15, -0.1) is 0 Å². The Morgan fingerprint density at radius 2 is 2.11 bits per heavy atom. The number of nitrogens with one attached hydrogen (secondary N) is 1. The summed E-state index contributed by atoms with van der Waals surface area (Å²) < 4.78 is 19.5. The van der Waals surface area contributed by atoms with Gasteiger partial charge in [0.1, 0.15) is 5.82 Å². The van der Waals surface area contributed by atoms with Crippen molar-refractivity contribution in [1.29, 1.82) is 0 Å². The molecule has 1 saturated heterocycles. The standard InChI is InChI=1S/C14H21FN2O/c1-3-17(13-7-5-4-6-12(13)15)8-9-18-14(2)10-16-11-14/h4-7,16H,3,8-11H2,1-2H3. The smallest absolute Gasteiger partial charge is 0.146 e. The van der Waals surface area contributed by atoms with Crippen molar-refractivity contribution >= 4 is 5.69 Å². The molecule has 1 fully saturated rings. The SMILES string of the molecule is CCN(CCOC1(C)CNC1)c1ccccc1F. The summed E-state index contributed by atoms with van der Waals surface area (Å²) in [5, 5.41) is 3.20. The molecule has 0 aliphatic carbocycles. The molecule has 1 N–H and O–H groups in total. The second kappa shape index (κ2) is 5.67. The zero-order valence-corrected chi connectivity index (χ0v) is 11.1. The van der Waals surface area contributed by atoms with E-state index in [0.29, 0.717) is 18.8 Å². The van der Waals surface area contributed by atoms with Gasteiger partial charge in [-0.05, 0) is 26.0 Å². The zero-order valence-electron chi connectivity index (χ0n) is 11.1. The Labute approximate surface area is 108 Å². The van der Waals surface area contributed by atoms with Crippen LogP contribution < -0.4 is 10.2 Å². The number of ether oxygens (including phenoxy) is 1. The molecule has 2 rings (SSSR count). The molecule has 0 saturated carbocycles. The molecule has 3 nitrogen and oxygen atoms in total. The maximum Gasteiger partial charge on any atom is 0.146 e. The van der Waals surface area contributed by atoms with Crippen LogP contribution in [0.1, 0.15) is 13.8 Å². The van der Waals surface area contributed by atoms with Gasteiger partial charge in [0.2, 0.25) is 0 Å². The number of nitrogens with zero attached hydrogens (tertiary/aromatic N) is 1. The number of anilines is 1. The highest BCUT2D eigenvalue weighted by atomic mass is 19.1. The molecular formula is C14H21FN2O. The van der Waals surface area contributed by atoms with E-state index in [1.54, 1.807) is 6.07 Å². The van der Waals surface area contributed by atoms with Gasteiger partial charge >= 0.3 is 0 Å². The summed E-state index contributed by atoms with van der Waals surface area (Å²) in [5.74, 6) is -0.170. The Balaban J connectivity index is 1.87. The van der Waals surface area contributed by atoms with Crippen LogP contribution in [-0.4, -0.2) is 38.4 Å². The van der Waals surface area contributed by atoms with Crippen molar-refractivity contribution in [2.45, 2.75) is 19.4 Å². The zero-order chi connectivity index (χ0) is 13.0. The summed E-state index contributed by atoms with van der Waals surface area (Å²) in [6, 6.07) is 6.88. The third kappa shape index (κ3) is 3.00. The summed E-state index contributed by atoms with van der Waals surface area (Å²) in [6.07, 6.45) is 0. The summed E-state index contributed by atoms with van der Waals surface area (Å²) in [5.41, 5.74) is 0.620. The van der Waals surface area contributed by atoms with Crippen LogP contribution in [0.4, 0.5) is 10.1 Å². The van der Waals surface area contributed by atoms with Crippen molar-refractivity contribution in [3.05, 3.63) is 30.1 Å². The first-order valence-electron chi connectivity index (χ1n) is 6.49. The van der Waals surface area contributed by atoms with E-state index in [9.17, 15) is 4.39 Å². The minimum Gasteiger partial charge on any atom is -0.371 e. The van der Waals surface area contributed by atoms with Gasteiger partial charge in [0.25, 0.3) is 0 Å². The number of para-hydroxylation sites is 1. The number of likely N-dealkylation sites (N-methyl/N-ethyl adjacent to an activating group) is 1. The molecule has 1 aromatic rings. The van der Waals surface area contributed by atoms with E-state index >= 15 is 0 Å². The Hall–Kier alpha value is -1.13. The first-order chi connectivity index (χ1) is 8.64. The number of hydrogen-bond acceptors (Lipinski definition) is 3. The average molecular weight is 252 g/mol. The van der Waals surface area contributed by atoms with Crippen molar-refractivity contribution < 1.29 is 9.13 Å². The molecule has 0 bridgehead atoms. The Morgan fingerprint density at radius 3 is 2.67 bits per heavy atom. The maximum atomic E-state index is 13.7. The molecule has 18 heavy (non-hydrogen) atoms. The predicted molar refractivity (Wildman–Crippen MR) is 71.5 cm³/mol. The quantitative estimate of drug-likeness (QED) is 0.838. The van der Waals surface area contributed by atoms with Crippen LogP contribution >= 0.6 is 0 Å². The lowest BCUT2D eigenvalue weighted by molar-refractivity contribution is -0.0633. The second-order valence-electron chi connectivity index (χ2n) is 4.93. The lowest BCUT2D eigenvalue weighted by Crippen LogP contribution is -2.59. The molecule has 1 aliphatic heterocycles. The third-order valence-electron chi connectivity index (χ3n) is 3.38. The maximum absolute atomic E-state index is 13.7.